The summed E-state index contributed by atoms with van der Waals surface area (Å²) >= 11 is 5.68. The van der Waals surface area contributed by atoms with E-state index in [0.29, 0.717) is 10.5 Å². The molecule has 0 atom stereocenters. The van der Waals surface area contributed by atoms with Crippen molar-refractivity contribution in [1.29, 1.82) is 5.26 Å². The summed E-state index contributed by atoms with van der Waals surface area (Å²) in [4.78, 5) is 0.710. The van der Waals surface area contributed by atoms with Crippen molar-refractivity contribution in [2.45, 2.75) is 4.90 Å². The summed E-state index contributed by atoms with van der Waals surface area (Å²) in [5.41, 5.74) is 0.589. The summed E-state index contributed by atoms with van der Waals surface area (Å²) in [5, 5.41) is 20.6. The number of thiol groups is 1. The quantitative estimate of drug-likeness (QED) is 0.652. The lowest BCUT2D eigenvalue weighted by molar-refractivity contribution is 0.475. The van der Waals surface area contributed by atoms with Crippen molar-refractivity contribution in [1.82, 2.24) is 0 Å². The van der Waals surface area contributed by atoms with Gasteiger partial charge in [-0.05, 0) is 12.1 Å². The van der Waals surface area contributed by atoms with Crippen molar-refractivity contribution in [3.05, 3.63) is 23.1 Å². The summed E-state index contributed by atoms with van der Waals surface area (Å²) in [6.45, 7) is 0. The Bertz CT molecular complexity index is 510. The molecule has 0 bridgehead atoms. The zero-order chi connectivity index (χ0) is 9.42. The number of phenols is 1. The highest BCUT2D eigenvalue weighted by Gasteiger charge is 2.07. The first-order valence-electron chi connectivity index (χ1n) is 3.55. The Labute approximate surface area is 84.5 Å². The van der Waals surface area contributed by atoms with Crippen molar-refractivity contribution in [3.63, 3.8) is 0 Å². The van der Waals surface area contributed by atoms with Gasteiger partial charge < -0.3 is 5.11 Å². The minimum absolute atomic E-state index is 0.146. The van der Waals surface area contributed by atoms with Gasteiger partial charge in [-0.15, -0.1) is 24.0 Å². The Hall–Kier alpha value is -1.18. The van der Waals surface area contributed by atoms with E-state index >= 15 is 0 Å². The Morgan fingerprint density at radius 1 is 1.46 bits per heavy atom. The fourth-order valence-electron chi connectivity index (χ4n) is 1.19. The van der Waals surface area contributed by atoms with Crippen LogP contribution in [0.3, 0.4) is 0 Å². The third-order valence-corrected chi connectivity index (χ3v) is 3.29. The van der Waals surface area contributed by atoms with Gasteiger partial charge in [-0.2, -0.15) is 5.26 Å². The zero-order valence-corrected chi connectivity index (χ0v) is 8.19. The molecular formula is C9H5NOS2. The van der Waals surface area contributed by atoms with Crippen LogP contribution in [-0.4, -0.2) is 5.11 Å². The fourth-order valence-corrected chi connectivity index (χ4v) is 2.49. The van der Waals surface area contributed by atoms with Gasteiger partial charge in [0.15, 0.2) is 0 Å². The Kier molecular flexibility index (Phi) is 1.91. The molecule has 1 aromatic heterocycles. The van der Waals surface area contributed by atoms with Gasteiger partial charge in [-0.25, -0.2) is 0 Å². The van der Waals surface area contributed by atoms with Gasteiger partial charge in [0.2, 0.25) is 0 Å². The molecule has 0 saturated carbocycles. The van der Waals surface area contributed by atoms with E-state index in [-0.39, 0.29) is 5.75 Å². The number of hydrogen-bond donors (Lipinski definition) is 2. The number of fused-ring (bicyclic) bond motifs is 1. The highest BCUT2D eigenvalue weighted by molar-refractivity contribution is 7.80. The average Bonchev–Trinajstić information content (AvgIpc) is 2.47. The average molecular weight is 207 g/mol. The third-order valence-electron chi connectivity index (χ3n) is 1.76. The molecular weight excluding hydrogens is 202 g/mol. The van der Waals surface area contributed by atoms with E-state index in [9.17, 15) is 5.11 Å². The molecule has 0 radical (unpaired) electrons. The lowest BCUT2D eigenvalue weighted by atomic mass is 10.2. The maximum atomic E-state index is 9.30. The van der Waals surface area contributed by atoms with Gasteiger partial charge in [-0.3, -0.25) is 0 Å². The summed E-state index contributed by atoms with van der Waals surface area (Å²) in [6.07, 6.45) is 0. The number of phenolic OH excluding ortho intramolecular Hbond substituents is 1. The van der Waals surface area contributed by atoms with Crippen LogP contribution in [0.1, 0.15) is 5.56 Å². The van der Waals surface area contributed by atoms with Gasteiger partial charge in [0.1, 0.15) is 11.8 Å². The van der Waals surface area contributed by atoms with Crippen LogP contribution in [0.4, 0.5) is 0 Å². The molecule has 2 rings (SSSR count). The first-order valence-corrected chi connectivity index (χ1v) is 4.88. The van der Waals surface area contributed by atoms with E-state index in [2.05, 4.69) is 18.7 Å². The molecule has 0 fully saturated rings. The van der Waals surface area contributed by atoms with Crippen LogP contribution < -0.4 is 0 Å². The van der Waals surface area contributed by atoms with Crippen LogP contribution in [0.25, 0.3) is 10.1 Å². The van der Waals surface area contributed by atoms with Crippen LogP contribution in [-0.2, 0) is 0 Å². The highest BCUT2D eigenvalue weighted by Crippen LogP contribution is 2.33. The topological polar surface area (TPSA) is 44.0 Å². The summed E-state index contributed by atoms with van der Waals surface area (Å²) in [7, 11) is 0. The molecule has 0 spiro atoms. The number of hydrogen-bond acceptors (Lipinski definition) is 4. The first-order chi connectivity index (χ1) is 6.22. The molecule has 1 heterocycles. The van der Waals surface area contributed by atoms with E-state index < -0.39 is 0 Å². The predicted molar refractivity (Wildman–Crippen MR) is 55.5 cm³/mol. The second-order valence-electron chi connectivity index (χ2n) is 2.60. The molecule has 0 aliphatic rings. The normalized spacial score (nSPS) is 10.2. The van der Waals surface area contributed by atoms with Gasteiger partial charge in [-0.1, -0.05) is 0 Å². The molecule has 64 valence electrons. The molecule has 0 aliphatic carbocycles. The SMILES string of the molecule is N#Cc1csc2c(S)cc(O)cc12. The Morgan fingerprint density at radius 2 is 2.23 bits per heavy atom. The molecule has 13 heavy (non-hydrogen) atoms. The lowest BCUT2D eigenvalue weighted by Crippen LogP contribution is -1.72. The molecule has 0 unspecified atom stereocenters. The molecule has 4 heteroatoms. The second-order valence-corrected chi connectivity index (χ2v) is 3.96. The van der Waals surface area contributed by atoms with Crippen LogP contribution >= 0.6 is 24.0 Å². The lowest BCUT2D eigenvalue weighted by Gasteiger charge is -1.96. The molecule has 0 aliphatic heterocycles. The Morgan fingerprint density at radius 3 is 2.92 bits per heavy atom. The van der Waals surface area contributed by atoms with Gasteiger partial charge in [0.05, 0.1) is 5.56 Å². The standard InChI is InChI=1S/C9H5NOS2/c10-3-5-4-13-9-7(5)1-6(11)2-8(9)12/h1-2,4,11-12H. The van der Waals surface area contributed by atoms with E-state index in [1.54, 1.807) is 17.5 Å². The van der Waals surface area contributed by atoms with Gasteiger partial charge >= 0.3 is 0 Å². The van der Waals surface area contributed by atoms with E-state index in [1.165, 1.54) is 11.3 Å². The fraction of sp³-hybridized carbons (Fsp3) is 0. The smallest absolute Gasteiger partial charge is 0.117 e. The monoisotopic (exact) mass is 207 g/mol. The molecule has 2 aromatic rings. The van der Waals surface area contributed by atoms with Crippen molar-refractivity contribution in [2.75, 3.05) is 0 Å². The number of nitriles is 1. The molecule has 0 saturated heterocycles. The van der Waals surface area contributed by atoms with Gasteiger partial charge in [0, 0.05) is 20.4 Å². The van der Waals surface area contributed by atoms with Crippen molar-refractivity contribution in [3.8, 4) is 11.8 Å². The van der Waals surface area contributed by atoms with Gasteiger partial charge in [0.25, 0.3) is 0 Å². The zero-order valence-electron chi connectivity index (χ0n) is 6.48. The van der Waals surface area contributed by atoms with Crippen molar-refractivity contribution < 1.29 is 5.11 Å². The predicted octanol–water partition coefficient (Wildman–Crippen LogP) is 2.77. The van der Waals surface area contributed by atoms with Crippen LogP contribution in [0, 0.1) is 11.3 Å². The van der Waals surface area contributed by atoms with Crippen LogP contribution in [0.5, 0.6) is 5.75 Å². The van der Waals surface area contributed by atoms with Crippen molar-refractivity contribution in [2.24, 2.45) is 0 Å². The Balaban J connectivity index is 2.92. The summed E-state index contributed by atoms with van der Waals surface area (Å²) in [6, 6.07) is 5.23. The summed E-state index contributed by atoms with van der Waals surface area (Å²) < 4.78 is 0.942. The minimum atomic E-state index is 0.146. The van der Waals surface area contributed by atoms with Crippen LogP contribution in [0.15, 0.2) is 22.4 Å². The van der Waals surface area contributed by atoms with Crippen molar-refractivity contribution >= 4 is 34.1 Å². The first kappa shape index (κ1) is 8.42. The largest absolute Gasteiger partial charge is 0.508 e. The highest BCUT2D eigenvalue weighted by atomic mass is 32.1. The summed E-state index contributed by atoms with van der Waals surface area (Å²) in [5.74, 6) is 0.146. The molecule has 1 aromatic carbocycles. The van der Waals surface area contributed by atoms with E-state index in [4.69, 9.17) is 5.26 Å². The molecule has 0 amide bonds. The molecule has 2 nitrogen and oxygen atoms in total. The third kappa shape index (κ3) is 1.26. The number of nitrogens with zero attached hydrogens (tertiary/aromatic N) is 1. The van der Waals surface area contributed by atoms with E-state index in [1.807, 2.05) is 0 Å². The molecule has 1 N–H and O–H groups in total. The van der Waals surface area contributed by atoms with Crippen LogP contribution in [0.2, 0.25) is 0 Å². The maximum absolute atomic E-state index is 9.30. The number of aromatic hydroxyl groups is 1. The second kappa shape index (κ2) is 2.95. The maximum Gasteiger partial charge on any atom is 0.117 e. The van der Waals surface area contributed by atoms with E-state index in [0.717, 1.165) is 10.1 Å². The number of thiophene rings is 1. The minimum Gasteiger partial charge on any atom is -0.508 e. The number of rotatable bonds is 0. The number of benzene rings is 1.